The minimum absolute atomic E-state index is 0.0387. The molecule has 3 rings (SSSR count). The van der Waals surface area contributed by atoms with E-state index < -0.39 is 15.6 Å². The van der Waals surface area contributed by atoms with Crippen LogP contribution in [0.1, 0.15) is 10.4 Å². The lowest BCUT2D eigenvalue weighted by atomic mass is 10.1. The highest BCUT2D eigenvalue weighted by molar-refractivity contribution is 7.91. The van der Waals surface area contributed by atoms with E-state index in [4.69, 9.17) is 5.53 Å². The summed E-state index contributed by atoms with van der Waals surface area (Å²) < 4.78 is 26.2. The van der Waals surface area contributed by atoms with Crippen molar-refractivity contribution >= 4 is 32.6 Å². The van der Waals surface area contributed by atoms with Gasteiger partial charge in [-0.3, -0.25) is 4.79 Å². The van der Waals surface area contributed by atoms with Crippen molar-refractivity contribution < 1.29 is 18.0 Å². The minimum Gasteiger partial charge on any atom is -0.361 e. The van der Waals surface area contributed by atoms with Crippen LogP contribution in [0.25, 0.3) is 16.3 Å². The molecule has 0 atom stereocenters. The minimum atomic E-state index is -3.92. The fourth-order valence-corrected chi connectivity index (χ4v) is 4.26. The van der Waals surface area contributed by atoms with Crippen molar-refractivity contribution in [2.45, 2.75) is 9.79 Å². The summed E-state index contributed by atoms with van der Waals surface area (Å²) in [6, 6.07) is 18.0. The predicted octanol–water partition coefficient (Wildman–Crippen LogP) is 3.16. The van der Waals surface area contributed by atoms with Crippen LogP contribution in [-0.4, -0.2) is 25.2 Å². The second kappa shape index (κ2) is 6.20. The molecule has 3 aromatic carbocycles. The number of sulfone groups is 1. The molecule has 3 aromatic rings. The number of fused-ring (bicyclic) bond motifs is 1. The van der Waals surface area contributed by atoms with Gasteiger partial charge in [-0.2, -0.15) is 4.79 Å². The molecule has 0 radical (unpaired) electrons. The van der Waals surface area contributed by atoms with Gasteiger partial charge in [0.1, 0.15) is 0 Å². The zero-order valence-electron chi connectivity index (χ0n) is 12.5. The molecule has 0 heterocycles. The van der Waals surface area contributed by atoms with Crippen molar-refractivity contribution in [1.82, 2.24) is 0 Å². The molecular formula is C18H12N2O3S. The van der Waals surface area contributed by atoms with Crippen LogP contribution in [0.2, 0.25) is 0 Å². The molecule has 0 N–H and O–H groups in total. The molecule has 0 aliphatic carbocycles. The number of ketones is 1. The van der Waals surface area contributed by atoms with E-state index in [0.29, 0.717) is 11.6 Å². The summed E-state index contributed by atoms with van der Waals surface area (Å²) in [6.45, 7) is 0. The Balaban J connectivity index is 2.29. The second-order valence-corrected chi connectivity index (χ2v) is 6.97. The summed E-state index contributed by atoms with van der Waals surface area (Å²) in [6.07, 6.45) is 0.678. The molecular weight excluding hydrogens is 324 g/mol. The van der Waals surface area contributed by atoms with Crippen LogP contribution in [-0.2, 0) is 9.84 Å². The molecule has 0 bridgehead atoms. The van der Waals surface area contributed by atoms with Crippen molar-refractivity contribution in [2.75, 3.05) is 0 Å². The molecule has 24 heavy (non-hydrogen) atoms. The highest BCUT2D eigenvalue weighted by Crippen LogP contribution is 2.30. The molecule has 0 aliphatic rings. The first kappa shape index (κ1) is 15.8. The maximum absolute atomic E-state index is 13.1. The number of rotatable bonds is 4. The Hall–Kier alpha value is -3.08. The molecule has 0 spiro atoms. The Bertz CT molecular complexity index is 1090. The van der Waals surface area contributed by atoms with Crippen molar-refractivity contribution in [3.8, 4) is 0 Å². The molecule has 118 valence electrons. The monoisotopic (exact) mass is 336 g/mol. The quantitative estimate of drug-likeness (QED) is 0.317. The van der Waals surface area contributed by atoms with Crippen LogP contribution in [0, 0.1) is 0 Å². The number of hydrogen-bond donors (Lipinski definition) is 0. The predicted molar refractivity (Wildman–Crippen MR) is 89.9 cm³/mol. The average molecular weight is 336 g/mol. The van der Waals surface area contributed by atoms with Crippen molar-refractivity contribution in [2.24, 2.45) is 0 Å². The van der Waals surface area contributed by atoms with E-state index in [1.807, 2.05) is 18.2 Å². The van der Waals surface area contributed by atoms with Gasteiger partial charge in [0.2, 0.25) is 9.84 Å². The number of Topliss-reactive ketones (excluding diaryl/α,β-unsaturated/α-hetero) is 1. The van der Waals surface area contributed by atoms with Crippen LogP contribution < -0.4 is 0 Å². The van der Waals surface area contributed by atoms with Crippen LogP contribution in [0.3, 0.4) is 0 Å². The maximum Gasteiger partial charge on any atom is 0.328 e. The Morgan fingerprint density at radius 3 is 2.29 bits per heavy atom. The lowest BCUT2D eigenvalue weighted by Crippen LogP contribution is -2.11. The summed E-state index contributed by atoms with van der Waals surface area (Å²) in [7, 11) is -3.92. The topological polar surface area (TPSA) is 87.6 Å². The van der Waals surface area contributed by atoms with Gasteiger partial charge in [0.25, 0.3) is 5.78 Å². The molecule has 0 saturated heterocycles. The molecule has 0 amide bonds. The average Bonchev–Trinajstić information content (AvgIpc) is 2.61. The van der Waals surface area contributed by atoms with Crippen molar-refractivity contribution in [1.29, 1.82) is 0 Å². The largest absolute Gasteiger partial charge is 0.361 e. The summed E-state index contributed by atoms with van der Waals surface area (Å²) in [5, 5.41) is 1.37. The van der Waals surface area contributed by atoms with Gasteiger partial charge in [0.05, 0.1) is 9.79 Å². The number of hydrogen-bond acceptors (Lipinski definition) is 3. The molecule has 0 unspecified atom stereocenters. The highest BCUT2D eigenvalue weighted by atomic mass is 32.2. The first-order chi connectivity index (χ1) is 11.6. The van der Waals surface area contributed by atoms with Crippen LogP contribution >= 0.6 is 0 Å². The zero-order chi connectivity index (χ0) is 17.2. The third-order valence-electron chi connectivity index (χ3n) is 3.66. The van der Waals surface area contributed by atoms with Gasteiger partial charge in [0, 0.05) is 10.9 Å². The molecule has 0 saturated carbocycles. The molecule has 6 heteroatoms. The van der Waals surface area contributed by atoms with E-state index in [2.05, 4.69) is 4.79 Å². The van der Waals surface area contributed by atoms with E-state index in [1.54, 1.807) is 30.3 Å². The number of carbonyl (C=O) groups excluding carboxylic acids is 1. The lowest BCUT2D eigenvalue weighted by molar-refractivity contribution is 0.00232. The Morgan fingerprint density at radius 1 is 0.875 bits per heavy atom. The number of nitrogens with zero attached hydrogens (tertiary/aromatic N) is 2. The standard InChI is InChI=1S/C18H12N2O3S/c19-20-12-16(21)15-9-3-4-10-18(15)24(22,23)17-11-5-7-13-6-1-2-8-14(13)17/h1-12H. The summed E-state index contributed by atoms with van der Waals surface area (Å²) >= 11 is 0. The SMILES string of the molecule is [N-]=[N+]=CC(=O)c1ccccc1S(=O)(=O)c1cccc2ccccc12. The van der Waals surface area contributed by atoms with E-state index in [-0.39, 0.29) is 15.4 Å². The van der Waals surface area contributed by atoms with Gasteiger partial charge in [-0.15, -0.1) is 0 Å². The normalized spacial score (nSPS) is 11.0. The van der Waals surface area contributed by atoms with Gasteiger partial charge >= 0.3 is 6.21 Å². The first-order valence-corrected chi connectivity index (χ1v) is 8.57. The van der Waals surface area contributed by atoms with Gasteiger partial charge in [-0.1, -0.05) is 48.5 Å². The smallest absolute Gasteiger partial charge is 0.328 e. The molecule has 0 aliphatic heterocycles. The summed E-state index contributed by atoms with van der Waals surface area (Å²) in [5.41, 5.74) is 8.51. The summed E-state index contributed by atoms with van der Waals surface area (Å²) in [5.74, 6) is -0.683. The Kier molecular flexibility index (Phi) is 4.08. The first-order valence-electron chi connectivity index (χ1n) is 7.09. The number of benzene rings is 3. The summed E-state index contributed by atoms with van der Waals surface area (Å²) in [4.78, 5) is 14.7. The van der Waals surface area contributed by atoms with E-state index in [0.717, 1.165) is 5.39 Å². The third-order valence-corrected chi connectivity index (χ3v) is 5.53. The lowest BCUT2D eigenvalue weighted by Gasteiger charge is -2.10. The number of carbonyl (C=O) groups is 1. The van der Waals surface area contributed by atoms with E-state index in [9.17, 15) is 13.2 Å². The molecule has 0 aromatic heterocycles. The zero-order valence-corrected chi connectivity index (χ0v) is 13.3. The van der Waals surface area contributed by atoms with Gasteiger partial charge < -0.3 is 5.53 Å². The fourth-order valence-electron chi connectivity index (χ4n) is 2.58. The Labute approximate surface area is 138 Å². The van der Waals surface area contributed by atoms with E-state index >= 15 is 0 Å². The maximum atomic E-state index is 13.1. The molecule has 0 fully saturated rings. The second-order valence-electron chi connectivity index (χ2n) is 5.09. The van der Waals surface area contributed by atoms with Crippen LogP contribution in [0.4, 0.5) is 0 Å². The molecule has 5 nitrogen and oxygen atoms in total. The van der Waals surface area contributed by atoms with Gasteiger partial charge in [-0.05, 0) is 23.6 Å². The van der Waals surface area contributed by atoms with E-state index in [1.165, 1.54) is 18.2 Å². The Morgan fingerprint density at radius 2 is 1.50 bits per heavy atom. The van der Waals surface area contributed by atoms with Crippen LogP contribution in [0.15, 0.2) is 76.5 Å². The van der Waals surface area contributed by atoms with Gasteiger partial charge in [-0.25, -0.2) is 8.42 Å². The van der Waals surface area contributed by atoms with Crippen molar-refractivity contribution in [3.63, 3.8) is 0 Å². The van der Waals surface area contributed by atoms with Gasteiger partial charge in [0.15, 0.2) is 0 Å². The third kappa shape index (κ3) is 2.65. The highest BCUT2D eigenvalue weighted by Gasteiger charge is 2.26. The van der Waals surface area contributed by atoms with Crippen LogP contribution in [0.5, 0.6) is 0 Å². The van der Waals surface area contributed by atoms with Crippen molar-refractivity contribution in [3.05, 3.63) is 77.8 Å². The fraction of sp³-hybridized carbons (Fsp3) is 0.